The maximum absolute atomic E-state index is 6.18. The monoisotopic (exact) mass is 429 g/mol. The summed E-state index contributed by atoms with van der Waals surface area (Å²) < 4.78 is 1.75. The zero-order valence-electron chi connectivity index (χ0n) is 13.8. The van der Waals surface area contributed by atoms with Crippen LogP contribution in [0.2, 0.25) is 10.0 Å². The van der Waals surface area contributed by atoms with Crippen LogP contribution in [0.5, 0.6) is 0 Å². The van der Waals surface area contributed by atoms with Crippen molar-refractivity contribution in [1.82, 2.24) is 25.5 Å². The summed E-state index contributed by atoms with van der Waals surface area (Å²) in [5.41, 5.74) is 1.97. The number of hydrogen-bond acceptors (Lipinski definition) is 5. The summed E-state index contributed by atoms with van der Waals surface area (Å²) in [6.45, 7) is 1.58. The number of hydrogen-bond donors (Lipinski definition) is 1. The highest BCUT2D eigenvalue weighted by Crippen LogP contribution is 2.25. The zero-order valence-corrected chi connectivity index (χ0v) is 17.0. The number of rotatable bonds is 8. The lowest BCUT2D eigenvalue weighted by Crippen LogP contribution is -2.15. The maximum atomic E-state index is 6.18. The van der Waals surface area contributed by atoms with Crippen LogP contribution in [0.15, 0.2) is 53.7 Å². The fourth-order valence-corrected chi connectivity index (χ4v) is 3.49. The van der Waals surface area contributed by atoms with Crippen molar-refractivity contribution in [2.24, 2.45) is 0 Å². The fraction of sp³-hybridized carbons (Fsp3) is 0.235. The summed E-state index contributed by atoms with van der Waals surface area (Å²) in [4.78, 5) is 0. The van der Waals surface area contributed by atoms with Gasteiger partial charge in [-0.2, -0.15) is 4.68 Å². The van der Waals surface area contributed by atoms with Crippen LogP contribution in [0, 0.1) is 0 Å². The second kappa shape index (κ2) is 10.7. The molecule has 1 aromatic heterocycles. The molecule has 0 fully saturated rings. The standard InChI is InChI=1S/C17H17Cl2N5S.ClH/c18-15-9-4-6-13(16(15)19)12-20-10-5-11-25-17-21-22-23-24(17)14-7-2-1-3-8-14;/h1-4,6-9,20H,5,10-12H2;1H. The van der Waals surface area contributed by atoms with Gasteiger partial charge in [-0.25, -0.2) is 0 Å². The van der Waals surface area contributed by atoms with Crippen molar-refractivity contribution in [3.8, 4) is 5.69 Å². The normalized spacial score (nSPS) is 10.5. The second-order valence-electron chi connectivity index (χ2n) is 5.30. The van der Waals surface area contributed by atoms with Crippen LogP contribution in [0.1, 0.15) is 12.0 Å². The highest BCUT2D eigenvalue weighted by Gasteiger charge is 2.08. The van der Waals surface area contributed by atoms with Crippen molar-refractivity contribution in [2.45, 2.75) is 18.1 Å². The van der Waals surface area contributed by atoms with Gasteiger partial charge >= 0.3 is 0 Å². The first kappa shape index (κ1) is 21.0. The molecule has 0 aliphatic heterocycles. The van der Waals surface area contributed by atoms with Gasteiger partial charge in [-0.15, -0.1) is 17.5 Å². The first-order chi connectivity index (χ1) is 12.3. The molecule has 0 amide bonds. The highest BCUT2D eigenvalue weighted by molar-refractivity contribution is 7.99. The molecule has 138 valence electrons. The summed E-state index contributed by atoms with van der Waals surface area (Å²) in [6.07, 6.45) is 0.991. The van der Waals surface area contributed by atoms with Gasteiger partial charge in [0.1, 0.15) is 0 Å². The molecular weight excluding hydrogens is 413 g/mol. The lowest BCUT2D eigenvalue weighted by Gasteiger charge is -2.08. The van der Waals surface area contributed by atoms with E-state index < -0.39 is 0 Å². The third-order valence-corrected chi connectivity index (χ3v) is 5.38. The summed E-state index contributed by atoms with van der Waals surface area (Å²) in [5, 5.41) is 17.3. The molecule has 9 heteroatoms. The summed E-state index contributed by atoms with van der Waals surface area (Å²) in [6, 6.07) is 15.5. The van der Waals surface area contributed by atoms with Gasteiger partial charge in [0.05, 0.1) is 15.7 Å². The van der Waals surface area contributed by atoms with Gasteiger partial charge in [0.25, 0.3) is 0 Å². The van der Waals surface area contributed by atoms with E-state index in [9.17, 15) is 0 Å². The van der Waals surface area contributed by atoms with Gasteiger partial charge in [0.15, 0.2) is 0 Å². The largest absolute Gasteiger partial charge is 0.313 e. The first-order valence-electron chi connectivity index (χ1n) is 7.86. The van der Waals surface area contributed by atoms with Crippen LogP contribution in [0.4, 0.5) is 0 Å². The third kappa shape index (κ3) is 5.59. The Morgan fingerprint density at radius 1 is 1.04 bits per heavy atom. The number of para-hydroxylation sites is 1. The lowest BCUT2D eigenvalue weighted by molar-refractivity contribution is 0.678. The molecule has 0 spiro atoms. The van der Waals surface area contributed by atoms with Crippen LogP contribution in [0.3, 0.4) is 0 Å². The third-order valence-electron chi connectivity index (χ3n) is 3.52. The number of aromatic nitrogens is 4. The van der Waals surface area contributed by atoms with E-state index in [1.165, 1.54) is 0 Å². The van der Waals surface area contributed by atoms with Gasteiger partial charge in [0, 0.05) is 12.3 Å². The highest BCUT2D eigenvalue weighted by atomic mass is 35.5. The molecule has 3 aromatic rings. The van der Waals surface area contributed by atoms with E-state index in [-0.39, 0.29) is 12.4 Å². The first-order valence-corrected chi connectivity index (χ1v) is 9.60. The number of benzene rings is 2. The molecule has 1 N–H and O–H groups in total. The summed E-state index contributed by atoms with van der Waals surface area (Å²) in [7, 11) is 0. The van der Waals surface area contributed by atoms with Crippen molar-refractivity contribution in [3.05, 3.63) is 64.1 Å². The van der Waals surface area contributed by atoms with Crippen LogP contribution in [-0.4, -0.2) is 32.5 Å². The predicted molar refractivity (Wildman–Crippen MR) is 110 cm³/mol. The van der Waals surface area contributed by atoms with E-state index in [2.05, 4.69) is 20.8 Å². The Balaban J connectivity index is 0.00000243. The molecular formula is C17H18Cl3N5S. The summed E-state index contributed by atoms with van der Waals surface area (Å²) >= 11 is 13.8. The number of thioether (sulfide) groups is 1. The van der Waals surface area contributed by atoms with E-state index in [4.69, 9.17) is 23.2 Å². The Kier molecular flexibility index (Phi) is 8.68. The molecule has 0 saturated carbocycles. The van der Waals surface area contributed by atoms with Crippen molar-refractivity contribution >= 4 is 47.4 Å². The minimum Gasteiger partial charge on any atom is -0.313 e. The van der Waals surface area contributed by atoms with Crippen molar-refractivity contribution in [1.29, 1.82) is 0 Å². The Bertz CT molecular complexity index is 813. The molecule has 0 aliphatic carbocycles. The minimum atomic E-state index is 0. The minimum absolute atomic E-state index is 0. The lowest BCUT2D eigenvalue weighted by atomic mass is 10.2. The Labute approximate surface area is 172 Å². The Morgan fingerprint density at radius 2 is 1.85 bits per heavy atom. The van der Waals surface area contributed by atoms with Crippen molar-refractivity contribution in [3.63, 3.8) is 0 Å². The van der Waals surface area contributed by atoms with E-state index in [1.807, 2.05) is 42.5 Å². The molecule has 0 bridgehead atoms. The van der Waals surface area contributed by atoms with Gasteiger partial charge < -0.3 is 5.32 Å². The Hall–Kier alpha value is -1.31. The van der Waals surface area contributed by atoms with Gasteiger partial charge in [-0.1, -0.05) is 65.3 Å². The van der Waals surface area contributed by atoms with Crippen molar-refractivity contribution in [2.75, 3.05) is 12.3 Å². The number of nitrogens with one attached hydrogen (secondary N) is 1. The molecule has 0 unspecified atom stereocenters. The van der Waals surface area contributed by atoms with E-state index in [0.29, 0.717) is 16.6 Å². The van der Waals surface area contributed by atoms with Gasteiger partial charge in [-0.05, 0) is 47.2 Å². The molecule has 0 radical (unpaired) electrons. The van der Waals surface area contributed by atoms with E-state index >= 15 is 0 Å². The second-order valence-corrected chi connectivity index (χ2v) is 7.15. The van der Waals surface area contributed by atoms with Crippen LogP contribution < -0.4 is 5.32 Å². The maximum Gasteiger partial charge on any atom is 0.214 e. The smallest absolute Gasteiger partial charge is 0.214 e. The molecule has 0 saturated heterocycles. The molecule has 0 atom stereocenters. The molecule has 0 aliphatic rings. The topological polar surface area (TPSA) is 55.6 Å². The number of tetrazole rings is 1. The average molecular weight is 431 g/mol. The number of halogens is 3. The molecule has 3 rings (SSSR count). The SMILES string of the molecule is Cl.Clc1cccc(CNCCCSc2nnnn2-c2ccccc2)c1Cl. The molecule has 2 aromatic carbocycles. The van der Waals surface area contributed by atoms with E-state index in [1.54, 1.807) is 22.5 Å². The number of nitrogens with zero attached hydrogens (tertiary/aromatic N) is 4. The van der Waals surface area contributed by atoms with Crippen LogP contribution >= 0.6 is 47.4 Å². The van der Waals surface area contributed by atoms with E-state index in [0.717, 1.165) is 35.1 Å². The van der Waals surface area contributed by atoms with Crippen LogP contribution in [-0.2, 0) is 6.54 Å². The predicted octanol–water partition coefficient (Wildman–Crippen LogP) is 4.66. The molecule has 26 heavy (non-hydrogen) atoms. The fourth-order valence-electron chi connectivity index (χ4n) is 2.27. The Morgan fingerprint density at radius 3 is 2.65 bits per heavy atom. The zero-order chi connectivity index (χ0) is 17.5. The summed E-state index contributed by atoms with van der Waals surface area (Å²) in [5.74, 6) is 0.920. The quantitative estimate of drug-likeness (QED) is 0.416. The van der Waals surface area contributed by atoms with Crippen LogP contribution in [0.25, 0.3) is 5.69 Å². The average Bonchev–Trinajstić information content (AvgIpc) is 3.10. The molecule has 5 nitrogen and oxygen atoms in total. The molecule has 1 heterocycles. The van der Waals surface area contributed by atoms with Gasteiger partial charge in [-0.3, -0.25) is 0 Å². The van der Waals surface area contributed by atoms with Gasteiger partial charge in [0.2, 0.25) is 5.16 Å². The van der Waals surface area contributed by atoms with Crippen molar-refractivity contribution < 1.29 is 0 Å².